The fraction of sp³-hybridized carbons (Fsp3) is 0.375. The first-order chi connectivity index (χ1) is 13.9. The molecule has 0 saturated heterocycles. The summed E-state index contributed by atoms with van der Waals surface area (Å²) in [7, 11) is 1.63. The lowest BCUT2D eigenvalue weighted by atomic mass is 10.1. The number of ether oxygens (including phenoxy) is 2. The summed E-state index contributed by atoms with van der Waals surface area (Å²) in [5, 5.41) is 4.20. The minimum absolute atomic E-state index is 0.00976. The molecule has 0 aliphatic rings. The summed E-state index contributed by atoms with van der Waals surface area (Å²) >= 11 is 0. The smallest absolute Gasteiger partial charge is 0.224 e. The normalized spacial score (nSPS) is 12.2. The van der Waals surface area contributed by atoms with E-state index < -0.39 is 0 Å². The molecule has 1 aromatic heterocycles. The van der Waals surface area contributed by atoms with Crippen molar-refractivity contribution >= 4 is 16.8 Å². The minimum atomic E-state index is -0.138. The Morgan fingerprint density at radius 3 is 2.59 bits per heavy atom. The average molecular weight is 395 g/mol. The molecule has 2 aromatic carbocycles. The average Bonchev–Trinajstić information content (AvgIpc) is 3.01. The van der Waals surface area contributed by atoms with Crippen LogP contribution in [0.5, 0.6) is 11.5 Å². The second-order valence-corrected chi connectivity index (χ2v) is 7.86. The number of para-hydroxylation sites is 1. The largest absolute Gasteiger partial charge is 0.493 e. The van der Waals surface area contributed by atoms with Crippen LogP contribution in [0.2, 0.25) is 0 Å². The number of aryl methyl sites for hydroxylation is 1. The summed E-state index contributed by atoms with van der Waals surface area (Å²) in [4.78, 5) is 16.1. The summed E-state index contributed by atoms with van der Waals surface area (Å²) in [5.74, 6) is 1.82. The van der Waals surface area contributed by atoms with Gasteiger partial charge in [-0.25, -0.2) is 0 Å². The van der Waals surface area contributed by atoms with E-state index in [1.807, 2.05) is 56.3 Å². The Bertz CT molecular complexity index is 991. The monoisotopic (exact) mass is 394 g/mol. The van der Waals surface area contributed by atoms with Crippen molar-refractivity contribution in [1.82, 2.24) is 10.3 Å². The molecule has 2 N–H and O–H groups in total. The first-order valence-corrected chi connectivity index (χ1v) is 10.0. The number of fused-ring (bicyclic) bond motifs is 1. The highest BCUT2D eigenvalue weighted by Crippen LogP contribution is 2.31. The van der Waals surface area contributed by atoms with Gasteiger partial charge in [0.2, 0.25) is 5.91 Å². The number of methoxy groups -OCH3 is 1. The third-order valence-electron chi connectivity index (χ3n) is 5.00. The summed E-state index contributed by atoms with van der Waals surface area (Å²) in [6.07, 6.45) is 0.340. The first kappa shape index (κ1) is 20.8. The highest BCUT2D eigenvalue weighted by molar-refractivity contribution is 5.90. The van der Waals surface area contributed by atoms with E-state index in [9.17, 15) is 4.79 Å². The maximum Gasteiger partial charge on any atom is 0.224 e. The van der Waals surface area contributed by atoms with Gasteiger partial charge < -0.3 is 19.8 Å². The fourth-order valence-electron chi connectivity index (χ4n) is 3.43. The van der Waals surface area contributed by atoms with Crippen LogP contribution in [0.25, 0.3) is 10.9 Å². The number of benzene rings is 2. The third-order valence-corrected chi connectivity index (χ3v) is 5.00. The maximum absolute atomic E-state index is 12.7. The van der Waals surface area contributed by atoms with Gasteiger partial charge in [-0.05, 0) is 49.1 Å². The molecule has 5 heteroatoms. The fourth-order valence-corrected chi connectivity index (χ4v) is 3.43. The number of rotatable bonds is 8. The van der Waals surface area contributed by atoms with E-state index in [0.29, 0.717) is 24.7 Å². The van der Waals surface area contributed by atoms with Crippen LogP contribution in [0.15, 0.2) is 42.5 Å². The Morgan fingerprint density at radius 2 is 1.86 bits per heavy atom. The van der Waals surface area contributed by atoms with Gasteiger partial charge in [-0.1, -0.05) is 38.1 Å². The SMILES string of the molecule is COc1cc(C(C)NC(=O)Cc2c(C)[nH]c3ccccc23)ccc1OCC(C)C. The first-order valence-electron chi connectivity index (χ1n) is 10.0. The molecule has 3 rings (SSSR count). The quantitative estimate of drug-likeness (QED) is 0.569. The number of aromatic amines is 1. The number of amides is 1. The number of H-pyrrole nitrogens is 1. The van der Waals surface area contributed by atoms with Crippen molar-refractivity contribution < 1.29 is 14.3 Å². The zero-order valence-corrected chi connectivity index (χ0v) is 17.8. The molecular weight excluding hydrogens is 364 g/mol. The molecule has 1 heterocycles. The molecule has 0 aliphatic heterocycles. The lowest BCUT2D eigenvalue weighted by molar-refractivity contribution is -0.121. The summed E-state index contributed by atoms with van der Waals surface area (Å²) in [5.41, 5.74) is 4.10. The zero-order valence-electron chi connectivity index (χ0n) is 17.8. The number of carbonyl (C=O) groups is 1. The Kier molecular flexibility index (Phi) is 6.47. The van der Waals surface area contributed by atoms with Crippen molar-refractivity contribution in [3.63, 3.8) is 0 Å². The molecule has 1 atom stereocenters. The standard InChI is InChI=1S/C24H30N2O3/c1-15(2)14-29-22-11-10-18(12-23(22)28-5)16(3)26-24(27)13-20-17(4)25-21-9-7-6-8-19(20)21/h6-12,15-16,25H,13-14H2,1-5H3,(H,26,27). The molecule has 0 bridgehead atoms. The highest BCUT2D eigenvalue weighted by Gasteiger charge is 2.16. The number of hydrogen-bond acceptors (Lipinski definition) is 3. The second-order valence-electron chi connectivity index (χ2n) is 7.86. The Morgan fingerprint density at radius 1 is 1.10 bits per heavy atom. The molecule has 29 heavy (non-hydrogen) atoms. The van der Waals surface area contributed by atoms with Crippen molar-refractivity contribution in [1.29, 1.82) is 0 Å². The van der Waals surface area contributed by atoms with E-state index in [1.54, 1.807) is 7.11 Å². The predicted octanol–water partition coefficient (Wildman–Crippen LogP) is 4.94. The van der Waals surface area contributed by atoms with E-state index in [0.717, 1.165) is 33.5 Å². The zero-order chi connectivity index (χ0) is 21.0. The molecule has 1 amide bonds. The maximum atomic E-state index is 12.7. The topological polar surface area (TPSA) is 63.3 Å². The van der Waals surface area contributed by atoms with Gasteiger partial charge in [-0.15, -0.1) is 0 Å². The van der Waals surface area contributed by atoms with Gasteiger partial charge in [0.1, 0.15) is 0 Å². The van der Waals surface area contributed by atoms with E-state index >= 15 is 0 Å². The Labute approximate surface area is 172 Å². The van der Waals surface area contributed by atoms with Crippen molar-refractivity contribution in [2.45, 2.75) is 40.2 Å². The summed E-state index contributed by atoms with van der Waals surface area (Å²) < 4.78 is 11.3. The molecule has 3 aromatic rings. The molecule has 1 unspecified atom stereocenters. The van der Waals surface area contributed by atoms with Crippen LogP contribution in [0.4, 0.5) is 0 Å². The van der Waals surface area contributed by atoms with Crippen LogP contribution in [-0.2, 0) is 11.2 Å². The molecule has 0 saturated carbocycles. The van der Waals surface area contributed by atoms with Gasteiger partial charge in [-0.3, -0.25) is 4.79 Å². The van der Waals surface area contributed by atoms with Crippen LogP contribution in [0.3, 0.4) is 0 Å². The van der Waals surface area contributed by atoms with Gasteiger partial charge >= 0.3 is 0 Å². The molecule has 0 fully saturated rings. The van der Waals surface area contributed by atoms with Gasteiger partial charge in [-0.2, -0.15) is 0 Å². The van der Waals surface area contributed by atoms with E-state index in [-0.39, 0.29) is 11.9 Å². The highest BCUT2D eigenvalue weighted by atomic mass is 16.5. The second kappa shape index (κ2) is 9.03. The third kappa shape index (κ3) is 4.91. The van der Waals surface area contributed by atoms with Crippen LogP contribution >= 0.6 is 0 Å². The summed E-state index contributed by atoms with van der Waals surface area (Å²) in [6.45, 7) is 8.82. The van der Waals surface area contributed by atoms with Crippen molar-refractivity contribution in [2.75, 3.05) is 13.7 Å². The molecule has 0 spiro atoms. The Balaban J connectivity index is 1.69. The predicted molar refractivity (Wildman–Crippen MR) is 117 cm³/mol. The lowest BCUT2D eigenvalue weighted by Crippen LogP contribution is -2.28. The molecule has 5 nitrogen and oxygen atoms in total. The number of hydrogen-bond donors (Lipinski definition) is 2. The van der Waals surface area contributed by atoms with E-state index in [2.05, 4.69) is 24.1 Å². The summed E-state index contributed by atoms with van der Waals surface area (Å²) in [6, 6.07) is 13.7. The number of carbonyl (C=O) groups excluding carboxylic acids is 1. The van der Waals surface area contributed by atoms with Gasteiger partial charge in [0.05, 0.1) is 26.2 Å². The van der Waals surface area contributed by atoms with Crippen LogP contribution in [-0.4, -0.2) is 24.6 Å². The van der Waals surface area contributed by atoms with Crippen molar-refractivity contribution in [3.8, 4) is 11.5 Å². The van der Waals surface area contributed by atoms with Crippen LogP contribution in [0, 0.1) is 12.8 Å². The van der Waals surface area contributed by atoms with Crippen LogP contribution in [0.1, 0.15) is 43.6 Å². The van der Waals surface area contributed by atoms with Gasteiger partial charge in [0.15, 0.2) is 11.5 Å². The Hall–Kier alpha value is -2.95. The van der Waals surface area contributed by atoms with Crippen molar-refractivity contribution in [2.24, 2.45) is 5.92 Å². The van der Waals surface area contributed by atoms with Crippen molar-refractivity contribution in [3.05, 3.63) is 59.3 Å². The molecule has 0 aliphatic carbocycles. The molecular formula is C24H30N2O3. The van der Waals surface area contributed by atoms with Gasteiger partial charge in [0, 0.05) is 16.6 Å². The van der Waals surface area contributed by atoms with Crippen LogP contribution < -0.4 is 14.8 Å². The van der Waals surface area contributed by atoms with E-state index in [4.69, 9.17) is 9.47 Å². The van der Waals surface area contributed by atoms with Gasteiger partial charge in [0.25, 0.3) is 0 Å². The lowest BCUT2D eigenvalue weighted by Gasteiger charge is -2.18. The number of aromatic nitrogens is 1. The van der Waals surface area contributed by atoms with E-state index in [1.165, 1.54) is 0 Å². The molecule has 154 valence electrons. The number of nitrogens with one attached hydrogen (secondary N) is 2. The molecule has 0 radical (unpaired) electrons. The minimum Gasteiger partial charge on any atom is -0.493 e.